The average Bonchev–Trinajstić information content (AvgIpc) is 2.67. The van der Waals surface area contributed by atoms with E-state index in [0.717, 1.165) is 24.7 Å². The molecule has 0 aromatic carbocycles. The summed E-state index contributed by atoms with van der Waals surface area (Å²) in [4.78, 5) is 2.64. The van der Waals surface area contributed by atoms with Gasteiger partial charge in [-0.3, -0.25) is 0 Å². The molecule has 3 rings (SSSR count). The SMILES string of the molecule is CN1C2CCCC1CC(NCC1CCC(C)(C)O1)C2. The van der Waals surface area contributed by atoms with Gasteiger partial charge in [-0.25, -0.2) is 0 Å². The van der Waals surface area contributed by atoms with E-state index in [1.807, 2.05) is 0 Å². The first kappa shape index (κ1) is 13.8. The molecule has 0 radical (unpaired) electrons. The molecule has 3 heterocycles. The van der Waals surface area contributed by atoms with E-state index < -0.39 is 0 Å². The van der Waals surface area contributed by atoms with Crippen LogP contribution in [0.3, 0.4) is 0 Å². The third-order valence-corrected chi connectivity index (χ3v) is 5.53. The average molecular weight is 266 g/mol. The summed E-state index contributed by atoms with van der Waals surface area (Å²) in [6.45, 7) is 5.48. The molecule has 0 aromatic rings. The lowest BCUT2D eigenvalue weighted by Gasteiger charge is -2.47. The molecule has 3 heteroatoms. The number of hydrogen-bond donors (Lipinski definition) is 1. The lowest BCUT2D eigenvalue weighted by Crippen LogP contribution is -2.55. The number of ether oxygens (including phenoxy) is 1. The summed E-state index contributed by atoms with van der Waals surface area (Å²) in [5.74, 6) is 0. The Bertz CT molecular complexity index is 304. The van der Waals surface area contributed by atoms with Crippen LogP contribution in [-0.2, 0) is 4.74 Å². The second-order valence-corrected chi connectivity index (χ2v) is 7.52. The smallest absolute Gasteiger partial charge is 0.0707 e. The first-order valence-electron chi connectivity index (χ1n) is 8.17. The summed E-state index contributed by atoms with van der Waals surface area (Å²) in [7, 11) is 2.33. The van der Waals surface area contributed by atoms with E-state index in [-0.39, 0.29) is 5.60 Å². The molecule has 3 atom stereocenters. The molecular weight excluding hydrogens is 236 g/mol. The van der Waals surface area contributed by atoms with Gasteiger partial charge in [-0.1, -0.05) is 6.42 Å². The van der Waals surface area contributed by atoms with Crippen molar-refractivity contribution in [3.63, 3.8) is 0 Å². The van der Waals surface area contributed by atoms with Crippen molar-refractivity contribution in [3.8, 4) is 0 Å². The Balaban J connectivity index is 1.46. The Labute approximate surface area is 118 Å². The normalized spacial score (nSPS) is 42.5. The van der Waals surface area contributed by atoms with E-state index in [9.17, 15) is 0 Å². The van der Waals surface area contributed by atoms with Crippen molar-refractivity contribution in [1.29, 1.82) is 0 Å². The van der Waals surface area contributed by atoms with Crippen molar-refractivity contribution in [2.24, 2.45) is 0 Å². The Morgan fingerprint density at radius 1 is 1.16 bits per heavy atom. The predicted molar refractivity (Wildman–Crippen MR) is 78.4 cm³/mol. The molecule has 2 bridgehead atoms. The Morgan fingerprint density at radius 3 is 2.42 bits per heavy atom. The van der Waals surface area contributed by atoms with E-state index >= 15 is 0 Å². The minimum atomic E-state index is 0.107. The van der Waals surface area contributed by atoms with Crippen molar-refractivity contribution in [2.45, 2.75) is 88.6 Å². The van der Waals surface area contributed by atoms with Gasteiger partial charge in [0, 0.05) is 24.7 Å². The summed E-state index contributed by atoms with van der Waals surface area (Å²) in [5, 5.41) is 3.80. The molecule has 3 saturated heterocycles. The molecule has 0 aromatic heterocycles. The molecule has 3 nitrogen and oxygen atoms in total. The number of fused-ring (bicyclic) bond motifs is 2. The molecule has 3 fully saturated rings. The summed E-state index contributed by atoms with van der Waals surface area (Å²) < 4.78 is 6.08. The van der Waals surface area contributed by atoms with Crippen LogP contribution in [0.5, 0.6) is 0 Å². The highest BCUT2D eigenvalue weighted by molar-refractivity contribution is 4.94. The van der Waals surface area contributed by atoms with Gasteiger partial charge < -0.3 is 15.0 Å². The maximum Gasteiger partial charge on any atom is 0.0707 e. The first-order valence-corrected chi connectivity index (χ1v) is 8.17. The largest absolute Gasteiger partial charge is 0.371 e. The minimum absolute atomic E-state index is 0.107. The third kappa shape index (κ3) is 3.14. The van der Waals surface area contributed by atoms with Gasteiger partial charge in [0.25, 0.3) is 0 Å². The van der Waals surface area contributed by atoms with Crippen LogP contribution < -0.4 is 5.32 Å². The van der Waals surface area contributed by atoms with Crippen LogP contribution in [0, 0.1) is 0 Å². The van der Waals surface area contributed by atoms with Gasteiger partial charge in [0.05, 0.1) is 11.7 Å². The molecule has 0 amide bonds. The zero-order chi connectivity index (χ0) is 13.5. The quantitative estimate of drug-likeness (QED) is 0.849. The fraction of sp³-hybridized carbons (Fsp3) is 1.00. The Hall–Kier alpha value is -0.120. The monoisotopic (exact) mass is 266 g/mol. The molecule has 1 N–H and O–H groups in total. The van der Waals surface area contributed by atoms with Gasteiger partial charge >= 0.3 is 0 Å². The fourth-order valence-electron chi connectivity index (χ4n) is 4.30. The zero-order valence-electron chi connectivity index (χ0n) is 12.8. The molecule has 0 spiro atoms. The van der Waals surface area contributed by atoms with Crippen molar-refractivity contribution in [3.05, 3.63) is 0 Å². The van der Waals surface area contributed by atoms with Gasteiger partial charge in [0.1, 0.15) is 0 Å². The van der Waals surface area contributed by atoms with Gasteiger partial charge in [0.2, 0.25) is 0 Å². The number of hydrogen-bond acceptors (Lipinski definition) is 3. The maximum absolute atomic E-state index is 6.08. The molecule has 0 saturated carbocycles. The maximum atomic E-state index is 6.08. The van der Waals surface area contributed by atoms with Crippen molar-refractivity contribution >= 4 is 0 Å². The van der Waals surface area contributed by atoms with E-state index in [4.69, 9.17) is 4.74 Å². The molecule has 3 unspecified atom stereocenters. The van der Waals surface area contributed by atoms with E-state index in [2.05, 4.69) is 31.1 Å². The lowest BCUT2D eigenvalue weighted by molar-refractivity contribution is -0.0184. The van der Waals surface area contributed by atoms with Gasteiger partial charge in [0.15, 0.2) is 0 Å². The highest BCUT2D eigenvalue weighted by Crippen LogP contribution is 2.33. The van der Waals surface area contributed by atoms with Gasteiger partial charge in [-0.15, -0.1) is 0 Å². The molecule has 3 aliphatic heterocycles. The highest BCUT2D eigenvalue weighted by Gasteiger charge is 2.37. The van der Waals surface area contributed by atoms with Crippen LogP contribution in [-0.4, -0.2) is 48.3 Å². The number of rotatable bonds is 3. The summed E-state index contributed by atoms with van der Waals surface area (Å²) >= 11 is 0. The number of piperidine rings is 2. The summed E-state index contributed by atoms with van der Waals surface area (Å²) in [5.41, 5.74) is 0.107. The van der Waals surface area contributed by atoms with E-state index in [1.165, 1.54) is 44.9 Å². The molecule has 19 heavy (non-hydrogen) atoms. The summed E-state index contributed by atoms with van der Waals surface area (Å²) in [6.07, 6.45) is 9.78. The molecule has 0 aliphatic carbocycles. The topological polar surface area (TPSA) is 24.5 Å². The van der Waals surface area contributed by atoms with E-state index in [0.29, 0.717) is 6.10 Å². The van der Waals surface area contributed by atoms with E-state index in [1.54, 1.807) is 0 Å². The number of nitrogens with one attached hydrogen (secondary N) is 1. The molecular formula is C16H30N2O. The summed E-state index contributed by atoms with van der Waals surface area (Å²) in [6, 6.07) is 2.37. The first-order chi connectivity index (χ1) is 9.03. The Kier molecular flexibility index (Phi) is 3.89. The second kappa shape index (κ2) is 5.34. The van der Waals surface area contributed by atoms with Crippen molar-refractivity contribution < 1.29 is 4.74 Å². The van der Waals surface area contributed by atoms with Crippen LogP contribution >= 0.6 is 0 Å². The van der Waals surface area contributed by atoms with Crippen LogP contribution in [0.1, 0.15) is 58.8 Å². The second-order valence-electron chi connectivity index (χ2n) is 7.52. The predicted octanol–water partition coefficient (Wildman–Crippen LogP) is 2.55. The van der Waals surface area contributed by atoms with Crippen LogP contribution in [0.25, 0.3) is 0 Å². The Morgan fingerprint density at radius 2 is 1.84 bits per heavy atom. The van der Waals surface area contributed by atoms with Gasteiger partial charge in [-0.2, -0.15) is 0 Å². The standard InChI is InChI=1S/C16H30N2O/c1-16(2)8-7-15(19-16)11-17-12-9-13-5-4-6-14(10-12)18(13)3/h12-15,17H,4-11H2,1-3H3. The highest BCUT2D eigenvalue weighted by atomic mass is 16.5. The van der Waals surface area contributed by atoms with Crippen molar-refractivity contribution in [2.75, 3.05) is 13.6 Å². The van der Waals surface area contributed by atoms with Crippen LogP contribution in [0.4, 0.5) is 0 Å². The minimum Gasteiger partial charge on any atom is -0.371 e. The molecule has 3 aliphatic rings. The van der Waals surface area contributed by atoms with Crippen LogP contribution in [0.15, 0.2) is 0 Å². The van der Waals surface area contributed by atoms with Crippen molar-refractivity contribution in [1.82, 2.24) is 10.2 Å². The van der Waals surface area contributed by atoms with Gasteiger partial charge in [-0.05, 0) is 59.4 Å². The van der Waals surface area contributed by atoms with Crippen LogP contribution in [0.2, 0.25) is 0 Å². The zero-order valence-corrected chi connectivity index (χ0v) is 12.8. The third-order valence-electron chi connectivity index (χ3n) is 5.53. The molecule has 110 valence electrons. The lowest BCUT2D eigenvalue weighted by atomic mass is 9.82. The number of nitrogens with zero attached hydrogens (tertiary/aromatic N) is 1. The fourth-order valence-corrected chi connectivity index (χ4v) is 4.30.